The van der Waals surface area contributed by atoms with E-state index in [4.69, 9.17) is 4.74 Å². The molecule has 0 aliphatic carbocycles. The first kappa shape index (κ1) is 17.2. The van der Waals surface area contributed by atoms with Gasteiger partial charge in [0.1, 0.15) is 5.75 Å². The van der Waals surface area contributed by atoms with Gasteiger partial charge in [0.15, 0.2) is 0 Å². The second kappa shape index (κ2) is 7.21. The van der Waals surface area contributed by atoms with Crippen molar-refractivity contribution in [3.63, 3.8) is 0 Å². The van der Waals surface area contributed by atoms with Gasteiger partial charge in [0.05, 0.1) is 23.4 Å². The van der Waals surface area contributed by atoms with Gasteiger partial charge in [-0.05, 0) is 42.0 Å². The summed E-state index contributed by atoms with van der Waals surface area (Å²) in [7, 11) is 1.57. The van der Waals surface area contributed by atoms with Crippen LogP contribution >= 0.6 is 11.3 Å². The molecule has 4 rings (SSSR count). The number of ether oxygens (including phenoxy) is 1. The minimum absolute atomic E-state index is 0.199. The highest BCUT2D eigenvalue weighted by atomic mass is 32.1. The van der Waals surface area contributed by atoms with E-state index in [-0.39, 0.29) is 5.91 Å². The van der Waals surface area contributed by atoms with Gasteiger partial charge in [-0.3, -0.25) is 4.79 Å². The van der Waals surface area contributed by atoms with E-state index in [1.807, 2.05) is 73.0 Å². The number of rotatable bonds is 4. The van der Waals surface area contributed by atoms with Gasteiger partial charge in [0.25, 0.3) is 5.91 Å². The van der Waals surface area contributed by atoms with Crippen molar-refractivity contribution in [1.29, 1.82) is 0 Å². The highest BCUT2D eigenvalue weighted by Crippen LogP contribution is 2.27. The Hall–Kier alpha value is -3.18. The van der Waals surface area contributed by atoms with Crippen molar-refractivity contribution in [1.82, 2.24) is 4.98 Å². The number of thiazole rings is 1. The van der Waals surface area contributed by atoms with Crippen LogP contribution in [-0.4, -0.2) is 18.0 Å². The van der Waals surface area contributed by atoms with Crippen LogP contribution in [0.25, 0.3) is 22.0 Å². The average molecular weight is 374 g/mol. The first-order valence-corrected chi connectivity index (χ1v) is 9.43. The SMILES string of the molecule is COc1cc2ccccc2cc1C(=O)Nc1ccc(-c2csc(C)n2)cc1. The lowest BCUT2D eigenvalue weighted by molar-refractivity contribution is 0.102. The number of aromatic nitrogens is 1. The van der Waals surface area contributed by atoms with Crippen LogP contribution in [0.3, 0.4) is 0 Å². The van der Waals surface area contributed by atoms with Gasteiger partial charge in [-0.2, -0.15) is 0 Å². The monoisotopic (exact) mass is 374 g/mol. The summed E-state index contributed by atoms with van der Waals surface area (Å²) in [5.74, 6) is 0.357. The van der Waals surface area contributed by atoms with Crippen molar-refractivity contribution in [2.45, 2.75) is 6.92 Å². The Morgan fingerprint density at radius 2 is 1.74 bits per heavy atom. The van der Waals surface area contributed by atoms with Gasteiger partial charge in [-0.15, -0.1) is 11.3 Å². The van der Waals surface area contributed by atoms with E-state index >= 15 is 0 Å². The molecule has 1 heterocycles. The zero-order valence-electron chi connectivity index (χ0n) is 15.0. The summed E-state index contributed by atoms with van der Waals surface area (Å²) in [4.78, 5) is 17.3. The number of fused-ring (bicyclic) bond motifs is 1. The molecule has 0 atom stereocenters. The maximum atomic E-state index is 12.8. The van der Waals surface area contributed by atoms with Gasteiger partial charge in [0, 0.05) is 16.6 Å². The quantitative estimate of drug-likeness (QED) is 0.511. The summed E-state index contributed by atoms with van der Waals surface area (Å²) in [5, 5.41) is 8.04. The molecule has 0 saturated heterocycles. The van der Waals surface area contributed by atoms with Crippen LogP contribution < -0.4 is 10.1 Å². The Morgan fingerprint density at radius 3 is 2.37 bits per heavy atom. The molecule has 0 saturated carbocycles. The normalized spacial score (nSPS) is 10.7. The van der Waals surface area contributed by atoms with Crippen molar-refractivity contribution < 1.29 is 9.53 Å². The fourth-order valence-electron chi connectivity index (χ4n) is 2.98. The molecule has 0 aliphatic heterocycles. The summed E-state index contributed by atoms with van der Waals surface area (Å²) >= 11 is 1.62. The number of hydrogen-bond donors (Lipinski definition) is 1. The molecule has 0 unspecified atom stereocenters. The number of benzene rings is 3. The van der Waals surface area contributed by atoms with Gasteiger partial charge < -0.3 is 10.1 Å². The molecule has 1 amide bonds. The largest absolute Gasteiger partial charge is 0.496 e. The summed E-state index contributed by atoms with van der Waals surface area (Å²) in [5.41, 5.74) is 3.22. The lowest BCUT2D eigenvalue weighted by Gasteiger charge is -2.11. The molecule has 4 aromatic rings. The number of carbonyl (C=O) groups is 1. The van der Waals surface area contributed by atoms with Crippen LogP contribution in [0.15, 0.2) is 66.0 Å². The molecule has 0 fully saturated rings. The standard InChI is InChI=1S/C22H18N2O2S/c1-14-23-20(13-27-14)15-7-9-18(10-8-15)24-22(25)19-11-16-5-3-4-6-17(16)12-21(19)26-2/h3-13H,1-2H3,(H,24,25). The third-order valence-corrected chi connectivity index (χ3v) is 5.14. The summed E-state index contributed by atoms with van der Waals surface area (Å²) < 4.78 is 5.42. The molecule has 0 spiro atoms. The summed E-state index contributed by atoms with van der Waals surface area (Å²) in [6.45, 7) is 1.99. The second-order valence-corrected chi connectivity index (χ2v) is 7.25. The molecule has 0 bridgehead atoms. The van der Waals surface area contributed by atoms with Gasteiger partial charge in [0.2, 0.25) is 0 Å². The van der Waals surface area contributed by atoms with Crippen LogP contribution in [0.5, 0.6) is 5.75 Å². The number of amides is 1. The van der Waals surface area contributed by atoms with E-state index in [1.165, 1.54) is 0 Å². The highest BCUT2D eigenvalue weighted by molar-refractivity contribution is 7.09. The third-order valence-electron chi connectivity index (χ3n) is 4.37. The zero-order chi connectivity index (χ0) is 18.8. The van der Waals surface area contributed by atoms with Crippen LogP contribution in [-0.2, 0) is 0 Å². The first-order chi connectivity index (χ1) is 13.1. The van der Waals surface area contributed by atoms with Crippen LogP contribution in [0.4, 0.5) is 5.69 Å². The van der Waals surface area contributed by atoms with E-state index < -0.39 is 0 Å². The van der Waals surface area contributed by atoms with Crippen LogP contribution in [0.2, 0.25) is 0 Å². The van der Waals surface area contributed by atoms with E-state index in [0.29, 0.717) is 11.3 Å². The minimum atomic E-state index is -0.199. The van der Waals surface area contributed by atoms with Crippen molar-refractivity contribution in [2.75, 3.05) is 12.4 Å². The number of methoxy groups -OCH3 is 1. The number of aryl methyl sites for hydroxylation is 1. The average Bonchev–Trinajstić information content (AvgIpc) is 3.13. The van der Waals surface area contributed by atoms with Crippen molar-refractivity contribution in [3.8, 4) is 17.0 Å². The number of nitrogens with one attached hydrogen (secondary N) is 1. The smallest absolute Gasteiger partial charge is 0.259 e. The Morgan fingerprint density at radius 1 is 1.04 bits per heavy atom. The molecule has 1 N–H and O–H groups in total. The minimum Gasteiger partial charge on any atom is -0.496 e. The lowest BCUT2D eigenvalue weighted by Crippen LogP contribution is -2.13. The lowest BCUT2D eigenvalue weighted by atomic mass is 10.1. The molecule has 0 radical (unpaired) electrons. The molecule has 5 heteroatoms. The van der Waals surface area contributed by atoms with Crippen molar-refractivity contribution >= 4 is 33.7 Å². The molecule has 134 valence electrons. The predicted molar refractivity (Wildman–Crippen MR) is 111 cm³/mol. The Kier molecular flexibility index (Phi) is 4.60. The molecule has 4 nitrogen and oxygen atoms in total. The fourth-order valence-corrected chi connectivity index (χ4v) is 3.61. The predicted octanol–water partition coefficient (Wildman–Crippen LogP) is 5.53. The molecule has 0 aliphatic rings. The van der Waals surface area contributed by atoms with E-state index in [9.17, 15) is 4.79 Å². The number of nitrogens with zero attached hydrogens (tertiary/aromatic N) is 1. The van der Waals surface area contributed by atoms with Crippen LogP contribution in [0, 0.1) is 6.92 Å². The third kappa shape index (κ3) is 3.55. The van der Waals surface area contributed by atoms with Crippen molar-refractivity contribution in [3.05, 3.63) is 76.6 Å². The second-order valence-electron chi connectivity index (χ2n) is 6.18. The van der Waals surface area contributed by atoms with Gasteiger partial charge >= 0.3 is 0 Å². The number of anilines is 1. The topological polar surface area (TPSA) is 51.2 Å². The Balaban J connectivity index is 1.59. The number of hydrogen-bond acceptors (Lipinski definition) is 4. The van der Waals surface area contributed by atoms with Crippen LogP contribution in [0.1, 0.15) is 15.4 Å². The molecule has 27 heavy (non-hydrogen) atoms. The van der Waals surface area contributed by atoms with Gasteiger partial charge in [-0.1, -0.05) is 36.4 Å². The Bertz CT molecular complexity index is 1120. The molecular formula is C22H18N2O2S. The number of carbonyl (C=O) groups excluding carboxylic acids is 1. The fraction of sp³-hybridized carbons (Fsp3) is 0.0909. The molecular weight excluding hydrogens is 356 g/mol. The zero-order valence-corrected chi connectivity index (χ0v) is 15.8. The summed E-state index contributed by atoms with van der Waals surface area (Å²) in [6.07, 6.45) is 0. The molecule has 1 aromatic heterocycles. The molecule has 3 aromatic carbocycles. The summed E-state index contributed by atoms with van der Waals surface area (Å²) in [6, 6.07) is 19.3. The highest BCUT2D eigenvalue weighted by Gasteiger charge is 2.14. The van der Waals surface area contributed by atoms with Crippen molar-refractivity contribution in [2.24, 2.45) is 0 Å². The van der Waals surface area contributed by atoms with E-state index in [1.54, 1.807) is 18.4 Å². The van der Waals surface area contributed by atoms with E-state index in [2.05, 4.69) is 10.3 Å². The Labute approximate surface area is 161 Å². The van der Waals surface area contributed by atoms with Gasteiger partial charge in [-0.25, -0.2) is 4.98 Å². The maximum Gasteiger partial charge on any atom is 0.259 e. The van der Waals surface area contributed by atoms with E-state index in [0.717, 1.165) is 32.7 Å². The first-order valence-electron chi connectivity index (χ1n) is 8.55. The maximum absolute atomic E-state index is 12.8.